The van der Waals surface area contributed by atoms with E-state index in [1.807, 2.05) is 0 Å². The highest BCUT2D eigenvalue weighted by molar-refractivity contribution is 5.40. The third kappa shape index (κ3) is 3.73. The number of nitrogens with two attached hydrogens (primary N) is 1. The first-order valence-electron chi connectivity index (χ1n) is 7.75. The van der Waals surface area contributed by atoms with Gasteiger partial charge in [-0.2, -0.15) is 0 Å². The van der Waals surface area contributed by atoms with Crippen molar-refractivity contribution < 1.29 is 4.74 Å². The Bertz CT molecular complexity index is 402. The Labute approximate surface area is 117 Å². The molecule has 106 valence electrons. The van der Waals surface area contributed by atoms with Crippen LogP contribution in [0.15, 0.2) is 18.2 Å². The predicted molar refractivity (Wildman–Crippen MR) is 80.5 cm³/mol. The van der Waals surface area contributed by atoms with Gasteiger partial charge in [-0.1, -0.05) is 39.2 Å². The molecule has 0 fully saturated rings. The minimum atomic E-state index is 0.233. The molecule has 0 heterocycles. The SMILES string of the molecule is CCCCC(CC)COc1ccc2c(c1)CC[C@@H]2N. The van der Waals surface area contributed by atoms with E-state index in [9.17, 15) is 0 Å². The first kappa shape index (κ1) is 14.4. The minimum Gasteiger partial charge on any atom is -0.493 e. The number of hydrogen-bond acceptors (Lipinski definition) is 2. The van der Waals surface area contributed by atoms with Crippen LogP contribution < -0.4 is 10.5 Å². The molecule has 2 N–H and O–H groups in total. The monoisotopic (exact) mass is 261 g/mol. The molecule has 2 atom stereocenters. The summed E-state index contributed by atoms with van der Waals surface area (Å²) < 4.78 is 5.98. The molecule has 1 aromatic rings. The summed E-state index contributed by atoms with van der Waals surface area (Å²) in [6.07, 6.45) is 7.24. The highest BCUT2D eigenvalue weighted by atomic mass is 16.5. The lowest BCUT2D eigenvalue weighted by atomic mass is 10.0. The van der Waals surface area contributed by atoms with Crippen LogP contribution in [0.2, 0.25) is 0 Å². The van der Waals surface area contributed by atoms with Crippen LogP contribution in [-0.4, -0.2) is 6.61 Å². The van der Waals surface area contributed by atoms with Crippen molar-refractivity contribution in [1.82, 2.24) is 0 Å². The van der Waals surface area contributed by atoms with Crippen molar-refractivity contribution in [3.8, 4) is 5.75 Å². The number of rotatable bonds is 7. The fourth-order valence-corrected chi connectivity index (χ4v) is 2.83. The van der Waals surface area contributed by atoms with Gasteiger partial charge in [0.25, 0.3) is 0 Å². The van der Waals surface area contributed by atoms with Crippen LogP contribution in [0.4, 0.5) is 0 Å². The summed E-state index contributed by atoms with van der Waals surface area (Å²) in [5.41, 5.74) is 8.75. The fraction of sp³-hybridized carbons (Fsp3) is 0.647. The van der Waals surface area contributed by atoms with Crippen molar-refractivity contribution in [2.75, 3.05) is 6.61 Å². The van der Waals surface area contributed by atoms with Crippen LogP contribution in [0.3, 0.4) is 0 Å². The highest BCUT2D eigenvalue weighted by Gasteiger charge is 2.19. The first-order chi connectivity index (χ1) is 9.24. The Morgan fingerprint density at radius 3 is 2.95 bits per heavy atom. The average Bonchev–Trinajstić information content (AvgIpc) is 2.80. The molecule has 2 nitrogen and oxygen atoms in total. The zero-order valence-corrected chi connectivity index (χ0v) is 12.3. The smallest absolute Gasteiger partial charge is 0.119 e. The van der Waals surface area contributed by atoms with Crippen LogP contribution in [0.1, 0.15) is 63.1 Å². The van der Waals surface area contributed by atoms with Gasteiger partial charge in [0.2, 0.25) is 0 Å². The van der Waals surface area contributed by atoms with Crippen LogP contribution in [0, 0.1) is 5.92 Å². The summed E-state index contributed by atoms with van der Waals surface area (Å²) >= 11 is 0. The van der Waals surface area contributed by atoms with E-state index in [2.05, 4.69) is 32.0 Å². The fourth-order valence-electron chi connectivity index (χ4n) is 2.83. The number of benzene rings is 1. The van der Waals surface area contributed by atoms with Crippen LogP contribution in [-0.2, 0) is 6.42 Å². The molecule has 1 aliphatic carbocycles. The van der Waals surface area contributed by atoms with Crippen LogP contribution >= 0.6 is 0 Å². The molecule has 0 spiro atoms. The minimum absolute atomic E-state index is 0.233. The lowest BCUT2D eigenvalue weighted by molar-refractivity contribution is 0.233. The summed E-state index contributed by atoms with van der Waals surface area (Å²) in [5.74, 6) is 1.71. The van der Waals surface area contributed by atoms with Gasteiger partial charge in [-0.3, -0.25) is 0 Å². The Morgan fingerprint density at radius 1 is 1.37 bits per heavy atom. The molecule has 2 heteroatoms. The van der Waals surface area contributed by atoms with Crippen molar-refractivity contribution in [2.24, 2.45) is 11.7 Å². The maximum absolute atomic E-state index is 6.05. The third-order valence-corrected chi connectivity index (χ3v) is 4.27. The maximum atomic E-state index is 6.05. The van der Waals surface area contributed by atoms with Gasteiger partial charge in [0, 0.05) is 6.04 Å². The van der Waals surface area contributed by atoms with Crippen molar-refractivity contribution in [2.45, 2.75) is 58.4 Å². The number of unbranched alkanes of at least 4 members (excludes halogenated alkanes) is 1. The molecular weight excluding hydrogens is 234 g/mol. The van der Waals surface area contributed by atoms with E-state index in [1.165, 1.54) is 36.8 Å². The molecule has 0 saturated heterocycles. The summed E-state index contributed by atoms with van der Waals surface area (Å²) in [7, 11) is 0. The topological polar surface area (TPSA) is 35.2 Å². The molecule has 0 radical (unpaired) electrons. The van der Waals surface area contributed by atoms with Crippen LogP contribution in [0.25, 0.3) is 0 Å². The molecule has 1 aliphatic rings. The Hall–Kier alpha value is -1.02. The van der Waals surface area contributed by atoms with Gasteiger partial charge < -0.3 is 10.5 Å². The lowest BCUT2D eigenvalue weighted by Gasteiger charge is -2.16. The van der Waals surface area contributed by atoms with E-state index in [-0.39, 0.29) is 6.04 Å². The Balaban J connectivity index is 1.89. The normalized spacial score (nSPS) is 19.2. The second-order valence-electron chi connectivity index (χ2n) is 5.73. The molecule has 0 aliphatic heterocycles. The number of hydrogen-bond donors (Lipinski definition) is 1. The molecule has 2 rings (SSSR count). The van der Waals surface area contributed by atoms with E-state index < -0.39 is 0 Å². The molecule has 0 bridgehead atoms. The van der Waals surface area contributed by atoms with Gasteiger partial charge in [-0.15, -0.1) is 0 Å². The molecule has 0 saturated carbocycles. The van der Waals surface area contributed by atoms with E-state index in [1.54, 1.807) is 0 Å². The molecular formula is C17H27NO. The van der Waals surface area contributed by atoms with Gasteiger partial charge >= 0.3 is 0 Å². The number of ether oxygens (including phenoxy) is 1. The summed E-state index contributed by atoms with van der Waals surface area (Å²) in [6.45, 7) is 5.35. The molecule has 1 aromatic carbocycles. The van der Waals surface area contributed by atoms with Gasteiger partial charge in [0.05, 0.1) is 6.61 Å². The van der Waals surface area contributed by atoms with E-state index in [4.69, 9.17) is 10.5 Å². The first-order valence-corrected chi connectivity index (χ1v) is 7.75. The second-order valence-corrected chi connectivity index (χ2v) is 5.73. The Kier molecular flexibility index (Phi) is 5.26. The number of fused-ring (bicyclic) bond motifs is 1. The predicted octanol–water partition coefficient (Wildman–Crippen LogP) is 4.23. The van der Waals surface area contributed by atoms with Crippen molar-refractivity contribution in [1.29, 1.82) is 0 Å². The summed E-state index contributed by atoms with van der Waals surface area (Å²) in [6, 6.07) is 6.65. The van der Waals surface area contributed by atoms with E-state index >= 15 is 0 Å². The second kappa shape index (κ2) is 6.95. The zero-order chi connectivity index (χ0) is 13.7. The van der Waals surface area contributed by atoms with E-state index in [0.717, 1.165) is 25.2 Å². The molecule has 0 aromatic heterocycles. The number of aryl methyl sites for hydroxylation is 1. The summed E-state index contributed by atoms with van der Waals surface area (Å²) in [4.78, 5) is 0. The molecule has 1 unspecified atom stereocenters. The third-order valence-electron chi connectivity index (χ3n) is 4.27. The Morgan fingerprint density at radius 2 is 2.21 bits per heavy atom. The lowest BCUT2D eigenvalue weighted by Crippen LogP contribution is -2.11. The standard InChI is InChI=1S/C17H27NO/c1-3-5-6-13(4-2)12-19-15-8-9-16-14(11-15)7-10-17(16)18/h8-9,11,13,17H,3-7,10,12,18H2,1-2H3/t13?,17-/m0/s1. The van der Waals surface area contributed by atoms with Crippen molar-refractivity contribution in [3.63, 3.8) is 0 Å². The zero-order valence-electron chi connectivity index (χ0n) is 12.3. The quantitative estimate of drug-likeness (QED) is 0.797. The summed E-state index contributed by atoms with van der Waals surface area (Å²) in [5, 5.41) is 0. The van der Waals surface area contributed by atoms with E-state index in [0.29, 0.717) is 5.92 Å². The van der Waals surface area contributed by atoms with Crippen LogP contribution in [0.5, 0.6) is 5.75 Å². The van der Waals surface area contributed by atoms with Gasteiger partial charge in [0.1, 0.15) is 5.75 Å². The highest BCUT2D eigenvalue weighted by Crippen LogP contribution is 2.32. The maximum Gasteiger partial charge on any atom is 0.119 e. The molecule has 19 heavy (non-hydrogen) atoms. The van der Waals surface area contributed by atoms with Gasteiger partial charge in [-0.05, 0) is 48.4 Å². The van der Waals surface area contributed by atoms with Crippen molar-refractivity contribution >= 4 is 0 Å². The van der Waals surface area contributed by atoms with Gasteiger partial charge in [0.15, 0.2) is 0 Å². The molecule has 0 amide bonds. The van der Waals surface area contributed by atoms with Crippen molar-refractivity contribution in [3.05, 3.63) is 29.3 Å². The average molecular weight is 261 g/mol. The largest absolute Gasteiger partial charge is 0.493 e. The van der Waals surface area contributed by atoms with Gasteiger partial charge in [-0.25, -0.2) is 0 Å².